The number of urea groups is 1. The first-order chi connectivity index (χ1) is 16.7. The number of nitrogens with zero attached hydrogens (tertiary/aromatic N) is 6. The predicted octanol–water partition coefficient (Wildman–Crippen LogP) is 2.57. The summed E-state index contributed by atoms with van der Waals surface area (Å²) in [5, 5.41) is 14.8. The first-order valence-electron chi connectivity index (χ1n) is 10.8. The van der Waals surface area contributed by atoms with Crippen molar-refractivity contribution in [3.8, 4) is 11.3 Å². The summed E-state index contributed by atoms with van der Waals surface area (Å²) in [6.45, 7) is 2.11. The van der Waals surface area contributed by atoms with Gasteiger partial charge in [-0.2, -0.15) is 13.2 Å². The summed E-state index contributed by atoms with van der Waals surface area (Å²) in [5.74, 6) is -0.497. The number of aromatic amines is 1. The quantitative estimate of drug-likeness (QED) is 0.515. The molecule has 0 unspecified atom stereocenters. The zero-order valence-corrected chi connectivity index (χ0v) is 18.4. The van der Waals surface area contributed by atoms with Crippen molar-refractivity contribution >= 4 is 29.3 Å². The van der Waals surface area contributed by atoms with Crippen LogP contribution in [0, 0.1) is 0 Å². The molecule has 0 saturated carbocycles. The van der Waals surface area contributed by atoms with Crippen molar-refractivity contribution in [1.29, 1.82) is 0 Å². The van der Waals surface area contributed by atoms with Gasteiger partial charge in [0.1, 0.15) is 17.6 Å². The summed E-state index contributed by atoms with van der Waals surface area (Å²) in [6, 6.07) is 3.55. The van der Waals surface area contributed by atoms with Gasteiger partial charge >= 0.3 is 12.2 Å². The molecule has 5 heterocycles. The van der Waals surface area contributed by atoms with Gasteiger partial charge in [-0.1, -0.05) is 5.21 Å². The topological polar surface area (TPSA) is 132 Å². The number of H-pyrrole nitrogens is 1. The van der Waals surface area contributed by atoms with E-state index in [1.165, 1.54) is 23.4 Å². The maximum absolute atomic E-state index is 13.3. The maximum atomic E-state index is 13.3. The van der Waals surface area contributed by atoms with Crippen LogP contribution < -0.4 is 20.4 Å². The largest absolute Gasteiger partial charge is 0.408 e. The van der Waals surface area contributed by atoms with Crippen molar-refractivity contribution in [3.05, 3.63) is 42.4 Å². The summed E-state index contributed by atoms with van der Waals surface area (Å²) >= 11 is 0. The van der Waals surface area contributed by atoms with E-state index in [4.69, 9.17) is 0 Å². The van der Waals surface area contributed by atoms with Gasteiger partial charge in [-0.3, -0.25) is 20.1 Å². The lowest BCUT2D eigenvalue weighted by Crippen LogP contribution is -2.49. The molecule has 3 aromatic rings. The van der Waals surface area contributed by atoms with E-state index in [9.17, 15) is 22.8 Å². The van der Waals surface area contributed by atoms with Crippen LogP contribution in [-0.4, -0.2) is 68.7 Å². The highest BCUT2D eigenvalue weighted by molar-refractivity contribution is 6.05. The Morgan fingerprint density at radius 2 is 2.09 bits per heavy atom. The molecule has 1 saturated heterocycles. The average Bonchev–Trinajstić information content (AvgIpc) is 3.50. The van der Waals surface area contributed by atoms with E-state index in [1.54, 1.807) is 18.2 Å². The minimum atomic E-state index is -4.59. The Morgan fingerprint density at radius 1 is 1.26 bits per heavy atom. The van der Waals surface area contributed by atoms with Gasteiger partial charge in [-0.25, -0.2) is 14.8 Å². The van der Waals surface area contributed by atoms with Crippen LogP contribution in [0.5, 0.6) is 0 Å². The molecule has 5 rings (SSSR count). The summed E-state index contributed by atoms with van der Waals surface area (Å²) in [7, 11) is 0. The second-order valence-electron chi connectivity index (χ2n) is 8.26. The molecule has 2 aliphatic heterocycles. The normalized spacial score (nSPS) is 17.7. The van der Waals surface area contributed by atoms with E-state index in [0.29, 0.717) is 36.5 Å². The number of anilines is 3. The molecule has 2 bridgehead atoms. The first kappa shape index (κ1) is 22.6. The van der Waals surface area contributed by atoms with E-state index in [0.717, 1.165) is 6.92 Å². The smallest absolute Gasteiger partial charge is 0.366 e. The Kier molecular flexibility index (Phi) is 5.49. The number of nitrogens with one attached hydrogen (secondary N) is 3. The predicted molar refractivity (Wildman–Crippen MR) is 119 cm³/mol. The highest BCUT2D eigenvalue weighted by atomic mass is 19.4. The molecule has 14 heteroatoms. The molecular weight excluding hydrogens is 467 g/mol. The van der Waals surface area contributed by atoms with Crippen LogP contribution in [0.15, 0.2) is 36.7 Å². The monoisotopic (exact) mass is 487 g/mol. The highest BCUT2D eigenvalue weighted by Gasteiger charge is 2.41. The maximum Gasteiger partial charge on any atom is 0.408 e. The van der Waals surface area contributed by atoms with E-state index in [1.807, 2.05) is 10.2 Å². The lowest BCUT2D eigenvalue weighted by Gasteiger charge is -2.35. The Morgan fingerprint density at radius 3 is 2.83 bits per heavy atom. The molecule has 2 aliphatic rings. The molecule has 11 nitrogen and oxygen atoms in total. The van der Waals surface area contributed by atoms with Crippen molar-refractivity contribution in [3.63, 3.8) is 0 Å². The number of pyridine rings is 2. The van der Waals surface area contributed by atoms with Crippen LogP contribution in [0.25, 0.3) is 11.3 Å². The fraction of sp³-hybridized carbons (Fsp3) is 0.333. The molecule has 3 aromatic heterocycles. The summed E-state index contributed by atoms with van der Waals surface area (Å²) < 4.78 is 38.7. The van der Waals surface area contributed by atoms with Gasteiger partial charge < -0.3 is 10.2 Å². The van der Waals surface area contributed by atoms with Crippen LogP contribution in [0.1, 0.15) is 23.8 Å². The number of carbonyl (C=O) groups is 2. The zero-order valence-electron chi connectivity index (χ0n) is 18.4. The van der Waals surface area contributed by atoms with Crippen molar-refractivity contribution in [2.75, 3.05) is 28.2 Å². The lowest BCUT2D eigenvalue weighted by atomic mass is 10.1. The molecular formula is C21H20F3N9O2. The van der Waals surface area contributed by atoms with E-state index in [-0.39, 0.29) is 23.4 Å². The van der Waals surface area contributed by atoms with E-state index >= 15 is 0 Å². The Balaban J connectivity index is 1.42. The Bertz CT molecular complexity index is 1270. The number of hydrogen-bond donors (Lipinski definition) is 3. The third kappa shape index (κ3) is 4.34. The molecule has 3 N–H and O–H groups in total. The standard InChI is InChI=1S/C21H20F3N9O2/c1-11(21(22,23)24)27-19(34)14-2-3-16-18(28-14)33(13-5-7-32(16)10-13)20(35)29-17-8-12(4-6-25-17)15-9-26-31-30-15/h2-4,6,8-9,11,13H,5,7,10H2,1H3,(H,27,34)(H,25,29,35)(H,26,30,31)/t11-,13+/m1/s1. The van der Waals surface area contributed by atoms with Gasteiger partial charge in [0.2, 0.25) is 0 Å². The van der Waals surface area contributed by atoms with Gasteiger partial charge in [0.05, 0.1) is 23.6 Å². The number of fused-ring (bicyclic) bond motifs is 4. The van der Waals surface area contributed by atoms with Gasteiger partial charge in [0.15, 0.2) is 5.82 Å². The number of amides is 3. The van der Waals surface area contributed by atoms with Crippen molar-refractivity contribution in [2.24, 2.45) is 0 Å². The Labute approximate surface area is 196 Å². The van der Waals surface area contributed by atoms with Gasteiger partial charge in [-0.15, -0.1) is 5.10 Å². The number of aromatic nitrogens is 5. The van der Waals surface area contributed by atoms with Crippen LogP contribution >= 0.6 is 0 Å². The third-order valence-corrected chi connectivity index (χ3v) is 5.96. The summed E-state index contributed by atoms with van der Waals surface area (Å²) in [4.78, 5) is 37.7. The van der Waals surface area contributed by atoms with Crippen LogP contribution in [0.4, 0.5) is 35.3 Å². The van der Waals surface area contributed by atoms with Crippen molar-refractivity contribution in [2.45, 2.75) is 31.6 Å². The number of hydrogen-bond acceptors (Lipinski definition) is 7. The summed E-state index contributed by atoms with van der Waals surface area (Å²) in [5.41, 5.74) is 1.76. The van der Waals surface area contributed by atoms with Gasteiger partial charge in [-0.05, 0) is 37.6 Å². The molecule has 35 heavy (non-hydrogen) atoms. The number of halogens is 3. The molecule has 2 atom stereocenters. The third-order valence-electron chi connectivity index (χ3n) is 5.96. The molecule has 0 spiro atoms. The molecule has 0 aliphatic carbocycles. The minimum Gasteiger partial charge on any atom is -0.366 e. The fourth-order valence-electron chi connectivity index (χ4n) is 4.12. The number of rotatable bonds is 4. The minimum absolute atomic E-state index is 0.206. The SMILES string of the molecule is C[C@@H](NC(=O)c1ccc2c(n1)N(C(=O)Nc1cc(-c3cnn[nH]3)ccn1)[C@H]1CCN2C1)C(F)(F)F. The molecule has 1 fully saturated rings. The van der Waals surface area contributed by atoms with Crippen LogP contribution in [0.2, 0.25) is 0 Å². The molecule has 0 aromatic carbocycles. The summed E-state index contributed by atoms with van der Waals surface area (Å²) in [6.07, 6.45) is -0.862. The fourth-order valence-corrected chi connectivity index (χ4v) is 4.12. The second-order valence-corrected chi connectivity index (χ2v) is 8.26. The molecule has 3 amide bonds. The van der Waals surface area contributed by atoms with E-state index < -0.39 is 24.2 Å². The lowest BCUT2D eigenvalue weighted by molar-refractivity contribution is -0.149. The molecule has 182 valence electrons. The molecule has 0 radical (unpaired) electrons. The average molecular weight is 487 g/mol. The van der Waals surface area contributed by atoms with Crippen LogP contribution in [0.3, 0.4) is 0 Å². The van der Waals surface area contributed by atoms with Gasteiger partial charge in [0.25, 0.3) is 5.91 Å². The van der Waals surface area contributed by atoms with Crippen molar-refractivity contribution in [1.82, 2.24) is 30.7 Å². The van der Waals surface area contributed by atoms with Crippen LogP contribution in [-0.2, 0) is 0 Å². The zero-order chi connectivity index (χ0) is 24.7. The second kappa shape index (κ2) is 8.52. The van der Waals surface area contributed by atoms with E-state index in [2.05, 4.69) is 30.7 Å². The van der Waals surface area contributed by atoms with Crippen molar-refractivity contribution < 1.29 is 22.8 Å². The number of carbonyl (C=O) groups excluding carboxylic acids is 2. The highest BCUT2D eigenvalue weighted by Crippen LogP contribution is 2.39. The Hall–Kier alpha value is -4.23. The first-order valence-corrected chi connectivity index (χ1v) is 10.8. The van der Waals surface area contributed by atoms with Gasteiger partial charge in [0, 0.05) is 24.8 Å². The number of alkyl halides is 3.